The van der Waals surface area contributed by atoms with E-state index >= 15 is 0 Å². The van der Waals surface area contributed by atoms with E-state index in [1.807, 2.05) is 18.2 Å². The van der Waals surface area contributed by atoms with Gasteiger partial charge in [0.1, 0.15) is 5.84 Å². The van der Waals surface area contributed by atoms with Crippen molar-refractivity contribution < 1.29 is 0 Å². The summed E-state index contributed by atoms with van der Waals surface area (Å²) >= 11 is 0. The van der Waals surface area contributed by atoms with E-state index in [1.54, 1.807) is 0 Å². The van der Waals surface area contributed by atoms with Crippen LogP contribution >= 0.6 is 0 Å². The number of hydrogen-bond donors (Lipinski definition) is 2. The summed E-state index contributed by atoms with van der Waals surface area (Å²) in [6.45, 7) is 1.79. The Morgan fingerprint density at radius 2 is 2.15 bits per heavy atom. The maximum atomic E-state index is 5.73. The molecule has 0 unspecified atom stereocenters. The van der Waals surface area contributed by atoms with Crippen LogP contribution in [0.4, 0.5) is 5.69 Å². The summed E-state index contributed by atoms with van der Waals surface area (Å²) in [4.78, 5) is 4.35. The maximum Gasteiger partial charge on any atom is 0.101 e. The van der Waals surface area contributed by atoms with Crippen molar-refractivity contribution in [2.75, 3.05) is 6.54 Å². The van der Waals surface area contributed by atoms with E-state index in [0.29, 0.717) is 5.84 Å². The fourth-order valence-electron chi connectivity index (χ4n) is 1.42. The van der Waals surface area contributed by atoms with E-state index in [4.69, 9.17) is 5.73 Å². The Kier molecular flexibility index (Phi) is 2.27. The van der Waals surface area contributed by atoms with Gasteiger partial charge < -0.3 is 11.1 Å². The molecule has 0 saturated heterocycles. The van der Waals surface area contributed by atoms with Crippen molar-refractivity contribution >= 4 is 11.5 Å². The standard InChI is InChI=1S/C10H13N3/c11-10-5-6-12-7-8-3-1-2-4-9(8)13-10/h1-4,12H,5-7H2,(H2,11,13). The molecule has 68 valence electrons. The van der Waals surface area contributed by atoms with Gasteiger partial charge in [-0.15, -0.1) is 0 Å². The van der Waals surface area contributed by atoms with Crippen LogP contribution in [0, 0.1) is 0 Å². The quantitative estimate of drug-likeness (QED) is 0.622. The molecule has 0 bridgehead atoms. The highest BCUT2D eigenvalue weighted by atomic mass is 14.9. The number of nitrogens with zero attached hydrogens (tertiary/aromatic N) is 1. The molecule has 0 aliphatic carbocycles. The molecular formula is C10H13N3. The SMILES string of the molecule is NC1=Nc2ccccc2CNCC1. The summed E-state index contributed by atoms with van der Waals surface area (Å²) in [5, 5.41) is 3.31. The van der Waals surface area contributed by atoms with Crippen LogP contribution in [0.3, 0.4) is 0 Å². The third-order valence-corrected chi connectivity index (χ3v) is 2.13. The molecule has 1 aromatic carbocycles. The lowest BCUT2D eigenvalue weighted by Crippen LogP contribution is -2.23. The Morgan fingerprint density at radius 3 is 3.08 bits per heavy atom. The smallest absolute Gasteiger partial charge is 0.101 e. The molecule has 0 fully saturated rings. The van der Waals surface area contributed by atoms with Crippen molar-refractivity contribution in [3.05, 3.63) is 29.8 Å². The van der Waals surface area contributed by atoms with Crippen LogP contribution in [0.5, 0.6) is 0 Å². The topological polar surface area (TPSA) is 50.4 Å². The molecule has 1 aliphatic heterocycles. The normalized spacial score (nSPS) is 16.8. The van der Waals surface area contributed by atoms with E-state index in [9.17, 15) is 0 Å². The summed E-state index contributed by atoms with van der Waals surface area (Å²) in [5.74, 6) is 0.708. The zero-order valence-electron chi connectivity index (χ0n) is 7.46. The second kappa shape index (κ2) is 3.58. The fourth-order valence-corrected chi connectivity index (χ4v) is 1.42. The van der Waals surface area contributed by atoms with Crippen molar-refractivity contribution in [3.8, 4) is 0 Å². The van der Waals surface area contributed by atoms with Crippen LogP contribution in [0.15, 0.2) is 29.3 Å². The van der Waals surface area contributed by atoms with Crippen LogP contribution in [-0.2, 0) is 6.54 Å². The molecule has 0 radical (unpaired) electrons. The predicted octanol–water partition coefficient (Wildman–Crippen LogP) is 1.17. The van der Waals surface area contributed by atoms with Crippen molar-refractivity contribution in [1.82, 2.24) is 5.32 Å². The molecule has 3 N–H and O–H groups in total. The second-order valence-electron chi connectivity index (χ2n) is 3.16. The van der Waals surface area contributed by atoms with E-state index < -0.39 is 0 Å². The number of para-hydroxylation sites is 1. The van der Waals surface area contributed by atoms with Gasteiger partial charge in [0.2, 0.25) is 0 Å². The molecule has 1 aromatic rings. The van der Waals surface area contributed by atoms with Gasteiger partial charge in [-0.3, -0.25) is 0 Å². The lowest BCUT2D eigenvalue weighted by Gasteiger charge is -2.11. The third kappa shape index (κ3) is 1.87. The number of nitrogens with one attached hydrogen (secondary N) is 1. The number of rotatable bonds is 0. The second-order valence-corrected chi connectivity index (χ2v) is 3.16. The maximum absolute atomic E-state index is 5.73. The minimum atomic E-state index is 0.708. The first-order valence-electron chi connectivity index (χ1n) is 4.48. The van der Waals surface area contributed by atoms with Crippen LogP contribution in [0.1, 0.15) is 12.0 Å². The molecule has 0 atom stereocenters. The van der Waals surface area contributed by atoms with Gasteiger partial charge in [-0.05, 0) is 11.6 Å². The number of nitrogens with two attached hydrogens (primary N) is 1. The van der Waals surface area contributed by atoms with Gasteiger partial charge >= 0.3 is 0 Å². The molecule has 1 aliphatic rings. The molecule has 0 spiro atoms. The van der Waals surface area contributed by atoms with Gasteiger partial charge in [0, 0.05) is 19.5 Å². The van der Waals surface area contributed by atoms with Crippen molar-refractivity contribution in [3.63, 3.8) is 0 Å². The first-order chi connectivity index (χ1) is 6.36. The monoisotopic (exact) mass is 175 g/mol. The van der Waals surface area contributed by atoms with Gasteiger partial charge in [0.25, 0.3) is 0 Å². The van der Waals surface area contributed by atoms with Crippen LogP contribution in [0.2, 0.25) is 0 Å². The molecule has 3 nitrogen and oxygen atoms in total. The molecule has 1 heterocycles. The van der Waals surface area contributed by atoms with Crippen LogP contribution < -0.4 is 11.1 Å². The largest absolute Gasteiger partial charge is 0.387 e. The van der Waals surface area contributed by atoms with Crippen molar-refractivity contribution in [2.45, 2.75) is 13.0 Å². The van der Waals surface area contributed by atoms with E-state index in [2.05, 4.69) is 16.4 Å². The highest BCUT2D eigenvalue weighted by Crippen LogP contribution is 2.19. The lowest BCUT2D eigenvalue weighted by atomic mass is 10.1. The zero-order valence-corrected chi connectivity index (χ0v) is 7.46. The average Bonchev–Trinajstić information content (AvgIpc) is 2.11. The molecule has 0 amide bonds. The van der Waals surface area contributed by atoms with Gasteiger partial charge in [0.15, 0.2) is 0 Å². The van der Waals surface area contributed by atoms with E-state index in [-0.39, 0.29) is 0 Å². The van der Waals surface area contributed by atoms with Crippen LogP contribution in [0.25, 0.3) is 0 Å². The summed E-state index contributed by atoms with van der Waals surface area (Å²) in [5.41, 5.74) is 7.93. The molecule has 13 heavy (non-hydrogen) atoms. The summed E-state index contributed by atoms with van der Waals surface area (Å²) in [6, 6.07) is 8.07. The predicted molar refractivity (Wildman–Crippen MR) is 54.0 cm³/mol. The third-order valence-electron chi connectivity index (χ3n) is 2.13. The van der Waals surface area contributed by atoms with Crippen molar-refractivity contribution in [1.29, 1.82) is 0 Å². The summed E-state index contributed by atoms with van der Waals surface area (Å²) in [6.07, 6.45) is 0.828. The van der Waals surface area contributed by atoms with Crippen molar-refractivity contribution in [2.24, 2.45) is 10.7 Å². The van der Waals surface area contributed by atoms with Crippen LogP contribution in [-0.4, -0.2) is 12.4 Å². The highest BCUT2D eigenvalue weighted by molar-refractivity contribution is 5.83. The first-order valence-corrected chi connectivity index (χ1v) is 4.48. The molecule has 3 heteroatoms. The zero-order chi connectivity index (χ0) is 9.10. The molecule has 2 rings (SSSR count). The average molecular weight is 175 g/mol. The first kappa shape index (κ1) is 8.26. The van der Waals surface area contributed by atoms with Gasteiger partial charge in [-0.25, -0.2) is 4.99 Å². The van der Waals surface area contributed by atoms with Gasteiger partial charge in [0.05, 0.1) is 5.69 Å². The number of amidine groups is 1. The Bertz CT molecular complexity index is 331. The van der Waals surface area contributed by atoms with E-state index in [0.717, 1.165) is 25.2 Å². The highest BCUT2D eigenvalue weighted by Gasteiger charge is 2.04. The molecule has 0 aromatic heterocycles. The number of aliphatic imine (C=N–C) groups is 1. The fraction of sp³-hybridized carbons (Fsp3) is 0.300. The summed E-state index contributed by atoms with van der Waals surface area (Å²) in [7, 11) is 0. The Labute approximate surface area is 77.7 Å². The minimum Gasteiger partial charge on any atom is -0.387 e. The lowest BCUT2D eigenvalue weighted by molar-refractivity contribution is 0.699. The van der Waals surface area contributed by atoms with E-state index in [1.165, 1.54) is 5.56 Å². The number of fused-ring (bicyclic) bond motifs is 1. The summed E-state index contributed by atoms with van der Waals surface area (Å²) < 4.78 is 0. The molecule has 0 saturated carbocycles. The van der Waals surface area contributed by atoms with Gasteiger partial charge in [-0.1, -0.05) is 18.2 Å². The Morgan fingerprint density at radius 1 is 1.31 bits per heavy atom. The Hall–Kier alpha value is -1.35. The van der Waals surface area contributed by atoms with Gasteiger partial charge in [-0.2, -0.15) is 0 Å². The Balaban J connectivity index is 2.41. The number of hydrogen-bond acceptors (Lipinski definition) is 3. The minimum absolute atomic E-state index is 0.708. The molecular weight excluding hydrogens is 162 g/mol. The number of benzene rings is 1.